The molecule has 0 unspecified atom stereocenters. The SMILES string of the molecule is CC(C)(C)c1cc2c3c(c1)N(c1c(-c4ccccc4)cccc1-c1ccccc1)c1ccc(-c4cc5cc(C(C)(C)C)cc6ccc7cc(C(C)(C)C)cc4c7c65)cc1B3c1cc(-c3cc4cc(C(C)(C)C)cc5ccc6cc(C(C)(C)C)cc3c6c54)ccc1N2c1c(-c2ccccc2)cccc1-c1ccccc1. The highest BCUT2D eigenvalue weighted by atomic mass is 15.2. The Kier molecular flexibility index (Phi) is 15.3. The highest BCUT2D eigenvalue weighted by molar-refractivity contribution is 7.00. The Labute approximate surface area is 644 Å². The summed E-state index contributed by atoms with van der Waals surface area (Å²) in [7, 11) is 0. The molecule has 0 aromatic heterocycles. The van der Waals surface area contributed by atoms with E-state index in [4.69, 9.17) is 0 Å². The zero-order valence-corrected chi connectivity index (χ0v) is 65.7. The largest absolute Gasteiger partial charge is 0.310 e. The van der Waals surface area contributed by atoms with Crippen LogP contribution in [-0.2, 0) is 27.1 Å². The minimum atomic E-state index is -0.298. The Morgan fingerprint density at radius 3 is 0.807 bits per heavy atom. The van der Waals surface area contributed by atoms with Crippen molar-refractivity contribution in [2.24, 2.45) is 0 Å². The molecule has 0 bridgehead atoms. The van der Waals surface area contributed by atoms with Crippen molar-refractivity contribution in [2.45, 2.75) is 131 Å². The quantitative estimate of drug-likeness (QED) is 0.111. The molecule has 3 heteroatoms. The summed E-state index contributed by atoms with van der Waals surface area (Å²) in [5.74, 6) is 0. The van der Waals surface area contributed by atoms with E-state index in [1.165, 1.54) is 142 Å². The number of anilines is 6. The predicted molar refractivity (Wildman–Crippen MR) is 474 cm³/mol. The topological polar surface area (TPSA) is 6.48 Å². The molecule has 2 nitrogen and oxygen atoms in total. The maximum absolute atomic E-state index is 2.73. The molecule has 0 fully saturated rings. The van der Waals surface area contributed by atoms with Gasteiger partial charge in [-0.3, -0.25) is 0 Å². The molecule has 19 rings (SSSR count). The molecule has 17 aromatic rings. The molecule has 0 saturated heterocycles. The lowest BCUT2D eigenvalue weighted by molar-refractivity contribution is 0.590. The van der Waals surface area contributed by atoms with Crippen LogP contribution in [0.4, 0.5) is 34.1 Å². The monoisotopic (exact) mass is 1400 g/mol. The minimum absolute atomic E-state index is 0.0718. The van der Waals surface area contributed by atoms with E-state index in [1.807, 2.05) is 0 Å². The van der Waals surface area contributed by atoms with Crippen LogP contribution in [0.3, 0.4) is 0 Å². The van der Waals surface area contributed by atoms with Gasteiger partial charge in [-0.2, -0.15) is 0 Å². The van der Waals surface area contributed by atoms with E-state index in [0.29, 0.717) is 0 Å². The van der Waals surface area contributed by atoms with Gasteiger partial charge >= 0.3 is 0 Å². The van der Waals surface area contributed by atoms with Gasteiger partial charge in [0.15, 0.2) is 0 Å². The van der Waals surface area contributed by atoms with Gasteiger partial charge in [0.25, 0.3) is 6.71 Å². The predicted octanol–water partition coefficient (Wildman–Crippen LogP) is 28.1. The van der Waals surface area contributed by atoms with Crippen LogP contribution in [-0.4, -0.2) is 6.71 Å². The van der Waals surface area contributed by atoms with Crippen molar-refractivity contribution in [3.05, 3.63) is 319 Å². The lowest BCUT2D eigenvalue weighted by atomic mass is 9.33. The first-order chi connectivity index (χ1) is 52.2. The lowest BCUT2D eigenvalue weighted by Gasteiger charge is -2.46. The summed E-state index contributed by atoms with van der Waals surface area (Å²) in [6, 6.07) is 114. The highest BCUT2D eigenvalue weighted by Crippen LogP contribution is 2.56. The van der Waals surface area contributed by atoms with Crippen molar-refractivity contribution in [1.82, 2.24) is 0 Å². The Morgan fingerprint density at radius 1 is 0.211 bits per heavy atom. The highest BCUT2D eigenvalue weighted by Gasteiger charge is 2.46. The second-order valence-electron chi connectivity index (χ2n) is 36.5. The van der Waals surface area contributed by atoms with Gasteiger partial charge in [-0.25, -0.2) is 0 Å². The third-order valence-corrected chi connectivity index (χ3v) is 24.2. The molecule has 0 amide bonds. The number of para-hydroxylation sites is 2. The van der Waals surface area contributed by atoms with Crippen molar-refractivity contribution in [3.8, 4) is 66.8 Å². The second-order valence-corrected chi connectivity index (χ2v) is 36.5. The van der Waals surface area contributed by atoms with Crippen LogP contribution in [0.15, 0.2) is 291 Å². The van der Waals surface area contributed by atoms with Crippen LogP contribution >= 0.6 is 0 Å². The van der Waals surface area contributed by atoms with Crippen molar-refractivity contribution >= 4 is 122 Å². The van der Waals surface area contributed by atoms with E-state index in [0.717, 1.165) is 67.3 Å². The summed E-state index contributed by atoms with van der Waals surface area (Å²) >= 11 is 0. The first kappa shape index (κ1) is 68.0. The Morgan fingerprint density at radius 2 is 0.495 bits per heavy atom. The molecule has 0 radical (unpaired) electrons. The Hall–Kier alpha value is -11.5. The fourth-order valence-electron chi connectivity index (χ4n) is 18.3. The summed E-state index contributed by atoms with van der Waals surface area (Å²) in [5, 5.41) is 15.6. The van der Waals surface area contributed by atoms with Gasteiger partial charge < -0.3 is 9.80 Å². The molecular formula is C106H93BN2. The average molecular weight is 1410 g/mol. The summed E-state index contributed by atoms with van der Waals surface area (Å²) < 4.78 is 0. The molecule has 0 aliphatic carbocycles. The fraction of sp³-hybridized carbons (Fsp3) is 0.189. The molecule has 17 aromatic carbocycles. The summed E-state index contributed by atoms with van der Waals surface area (Å²) in [4.78, 5) is 5.45. The smallest absolute Gasteiger partial charge is 0.252 e. The van der Waals surface area contributed by atoms with E-state index in [2.05, 4.69) is 405 Å². The zero-order chi connectivity index (χ0) is 75.1. The van der Waals surface area contributed by atoms with Gasteiger partial charge in [-0.1, -0.05) is 347 Å². The number of fused-ring (bicyclic) bond motifs is 4. The van der Waals surface area contributed by atoms with Crippen molar-refractivity contribution in [3.63, 3.8) is 0 Å². The summed E-state index contributed by atoms with van der Waals surface area (Å²) in [6.07, 6.45) is 0. The van der Waals surface area contributed by atoms with Crippen molar-refractivity contribution in [1.29, 1.82) is 0 Å². The number of benzene rings is 17. The summed E-state index contributed by atoms with van der Waals surface area (Å²) in [6.45, 7) is 35.3. The van der Waals surface area contributed by atoms with Crippen LogP contribution in [0.25, 0.3) is 131 Å². The normalized spacial score (nSPS) is 13.4. The van der Waals surface area contributed by atoms with E-state index in [-0.39, 0.29) is 33.8 Å². The van der Waals surface area contributed by atoms with Crippen LogP contribution in [0, 0.1) is 0 Å². The van der Waals surface area contributed by atoms with E-state index in [1.54, 1.807) is 0 Å². The molecular weight excluding hydrogens is 1310 g/mol. The third-order valence-electron chi connectivity index (χ3n) is 24.2. The standard InChI is InChI=1S/C106H93BN2/c1-102(2,3)76-50-70-42-44-72-52-78(104(7,8)9)60-87-85(56-74(54-76)95(70)97(72)87)68-46-48-91-89(58-68)107-90-59-69(86-57-75-55-77(103(4,5)6)51-71-43-45-73-53-79(105(10,11)12)61-88(86)98(73)96(71)75)47-49-92(90)109(101-83(66-34-24-18-25-35-66)40-29-41-84(101)67-36-26-19-27-37-67)94-63-80(106(13,14)15)62-93(99(94)107)108(91)100-81(64-30-20-16-21-31-64)38-28-39-82(100)65-32-22-17-23-33-65/h16-63H,1-15H3. The maximum Gasteiger partial charge on any atom is 0.252 e. The van der Waals surface area contributed by atoms with E-state index >= 15 is 0 Å². The van der Waals surface area contributed by atoms with Crippen LogP contribution in [0.2, 0.25) is 0 Å². The lowest BCUT2D eigenvalue weighted by Crippen LogP contribution is -2.61. The van der Waals surface area contributed by atoms with Gasteiger partial charge in [0.1, 0.15) is 0 Å². The third kappa shape index (κ3) is 11.1. The molecule has 0 saturated carbocycles. The van der Waals surface area contributed by atoms with Crippen LogP contribution in [0.1, 0.15) is 132 Å². The second kappa shape index (κ2) is 24.5. The van der Waals surface area contributed by atoms with Crippen molar-refractivity contribution in [2.75, 3.05) is 9.80 Å². The molecule has 2 aliphatic heterocycles. The van der Waals surface area contributed by atoms with E-state index < -0.39 is 0 Å². The molecule has 530 valence electrons. The molecule has 0 spiro atoms. The minimum Gasteiger partial charge on any atom is -0.310 e. The summed E-state index contributed by atoms with van der Waals surface area (Å²) in [5.41, 5.74) is 30.8. The number of rotatable bonds is 8. The van der Waals surface area contributed by atoms with Crippen LogP contribution < -0.4 is 26.2 Å². The van der Waals surface area contributed by atoms with Crippen molar-refractivity contribution < 1.29 is 0 Å². The molecule has 0 N–H and O–H groups in total. The van der Waals surface area contributed by atoms with Gasteiger partial charge in [-0.05, 0) is 229 Å². The molecule has 2 aliphatic rings. The zero-order valence-electron chi connectivity index (χ0n) is 65.7. The van der Waals surface area contributed by atoms with Gasteiger partial charge in [0.05, 0.1) is 11.4 Å². The fourth-order valence-corrected chi connectivity index (χ4v) is 18.3. The molecule has 0 atom stereocenters. The van der Waals surface area contributed by atoms with Gasteiger partial charge in [-0.15, -0.1) is 0 Å². The Balaban J connectivity index is 1.00. The molecule has 109 heavy (non-hydrogen) atoms. The van der Waals surface area contributed by atoms with Gasteiger partial charge in [0.2, 0.25) is 0 Å². The number of nitrogens with zero attached hydrogens (tertiary/aromatic N) is 2. The van der Waals surface area contributed by atoms with E-state index in [9.17, 15) is 0 Å². The first-order valence-electron chi connectivity index (χ1n) is 39.3. The average Bonchev–Trinajstić information content (AvgIpc) is 0.688. The number of hydrogen-bond acceptors (Lipinski definition) is 2. The first-order valence-corrected chi connectivity index (χ1v) is 39.3. The van der Waals surface area contributed by atoms with Gasteiger partial charge in [0, 0.05) is 45.0 Å². The molecule has 2 heterocycles. The number of hydrogen-bond donors (Lipinski definition) is 0. The Bertz CT molecular complexity index is 6020. The van der Waals surface area contributed by atoms with Crippen LogP contribution in [0.5, 0.6) is 0 Å². The maximum atomic E-state index is 2.73.